The van der Waals surface area contributed by atoms with Crippen LogP contribution < -0.4 is 4.90 Å². The summed E-state index contributed by atoms with van der Waals surface area (Å²) in [5.74, 6) is 1.08. The minimum absolute atomic E-state index is 0. The van der Waals surface area contributed by atoms with E-state index in [9.17, 15) is 0 Å². The van der Waals surface area contributed by atoms with Crippen LogP contribution in [0.25, 0.3) is 0 Å². The summed E-state index contributed by atoms with van der Waals surface area (Å²) in [5.41, 5.74) is 6.28. The van der Waals surface area contributed by atoms with E-state index in [1.807, 2.05) is 22.8 Å². The van der Waals surface area contributed by atoms with Gasteiger partial charge in [-0.3, -0.25) is 0 Å². The average molecular weight is 528 g/mol. The molecule has 1 aliphatic heterocycles. The third-order valence-corrected chi connectivity index (χ3v) is 4.86. The van der Waals surface area contributed by atoms with Crippen LogP contribution in [0.4, 0.5) is 5.69 Å². The van der Waals surface area contributed by atoms with Crippen molar-refractivity contribution in [2.24, 2.45) is 0 Å². The van der Waals surface area contributed by atoms with E-state index in [0.717, 1.165) is 5.75 Å². The maximum Gasteiger partial charge on any atom is 0.0130 e. The van der Waals surface area contributed by atoms with Crippen LogP contribution in [0.3, 0.4) is 0 Å². The number of anilines is 1. The second-order valence-electron chi connectivity index (χ2n) is 9.32. The first kappa shape index (κ1) is 30.5. The number of aryl methyl sites for hydroxylation is 3. The molecule has 0 atom stereocenters. The van der Waals surface area contributed by atoms with Gasteiger partial charge in [-0.1, -0.05) is 24.1 Å². The molecule has 2 aromatic carbocycles. The predicted octanol–water partition coefficient (Wildman–Crippen LogP) is 6.63. The molecule has 181 valence electrons. The molecule has 3 nitrogen and oxygen atoms in total. The summed E-state index contributed by atoms with van der Waals surface area (Å²) in [6, 6.07) is 12.7. The van der Waals surface area contributed by atoms with Crippen molar-refractivity contribution in [2.75, 3.05) is 11.4 Å². The van der Waals surface area contributed by atoms with Crippen molar-refractivity contribution >= 4 is 10.3 Å². The van der Waals surface area contributed by atoms with Gasteiger partial charge in [-0.2, -0.15) is 6.42 Å². The number of para-hydroxylation sites is 1. The number of hydrogen-bond acceptors (Lipinski definition) is 2. The Morgan fingerprint density at radius 3 is 2.06 bits per heavy atom. The van der Waals surface area contributed by atoms with Gasteiger partial charge in [0.25, 0.3) is 0 Å². The minimum atomic E-state index is -0.500. The van der Waals surface area contributed by atoms with Crippen molar-refractivity contribution in [3.8, 4) is 5.75 Å². The summed E-state index contributed by atoms with van der Waals surface area (Å²) in [6.07, 6.45) is 2.89. The van der Waals surface area contributed by atoms with Gasteiger partial charge in [-0.25, -0.2) is 6.54 Å². The van der Waals surface area contributed by atoms with Crippen LogP contribution >= 0.6 is 0 Å². The number of nitrogens with zero attached hydrogens (tertiary/aromatic N) is 1. The topological polar surface area (TPSA) is 36.3 Å². The van der Waals surface area contributed by atoms with Crippen molar-refractivity contribution in [3.63, 3.8) is 0 Å². The van der Waals surface area contributed by atoms with Crippen LogP contribution in [-0.4, -0.2) is 32.7 Å². The number of aliphatic hydroxyl groups is 2. The molecule has 1 fully saturated rings. The zero-order valence-corrected chi connectivity index (χ0v) is 23.3. The maximum absolute atomic E-state index is 8.52. The summed E-state index contributed by atoms with van der Waals surface area (Å²) in [4.78, 5) is 2.41. The minimum Gasteiger partial charge on any atom is -0.522 e. The molecular weight excluding hydrogens is 483 g/mol. The molecule has 1 heterocycles. The Labute approximate surface area is 207 Å². The Balaban J connectivity index is 0.000000490. The fourth-order valence-corrected chi connectivity index (χ4v) is 3.82. The molecule has 0 aliphatic carbocycles. The normalized spacial score (nSPS) is 12.8. The van der Waals surface area contributed by atoms with E-state index < -0.39 is 5.60 Å². The Morgan fingerprint density at radius 1 is 1.09 bits per heavy atom. The van der Waals surface area contributed by atoms with Crippen LogP contribution in [0.5, 0.6) is 5.75 Å². The Hall–Kier alpha value is -1.51. The number of benzene rings is 2. The van der Waals surface area contributed by atoms with E-state index in [4.69, 9.17) is 5.11 Å². The van der Waals surface area contributed by atoms with Gasteiger partial charge in [0.05, 0.1) is 5.60 Å². The van der Waals surface area contributed by atoms with Gasteiger partial charge >= 0.3 is 82.7 Å². The monoisotopic (exact) mass is 528 g/mol. The van der Waals surface area contributed by atoms with Crippen molar-refractivity contribution in [1.82, 2.24) is 0 Å². The van der Waals surface area contributed by atoms with E-state index in [0.29, 0.717) is 6.10 Å². The summed E-state index contributed by atoms with van der Waals surface area (Å²) >= 11 is 2.51. The van der Waals surface area contributed by atoms with Crippen LogP contribution in [-0.2, 0) is 17.9 Å². The first-order valence-corrected chi connectivity index (χ1v) is 12.0. The van der Waals surface area contributed by atoms with Crippen LogP contribution in [0.1, 0.15) is 69.7 Å². The molecule has 32 heavy (non-hydrogen) atoms. The molecule has 0 radical (unpaired) electrons. The third kappa shape index (κ3) is 11.9. The van der Waals surface area contributed by atoms with E-state index in [2.05, 4.69) is 86.9 Å². The molecule has 0 saturated carbocycles. The average Bonchev–Trinajstić information content (AvgIpc) is 3.14. The van der Waals surface area contributed by atoms with E-state index >= 15 is 0 Å². The van der Waals surface area contributed by atoms with Crippen LogP contribution in [0.15, 0.2) is 36.4 Å². The van der Waals surface area contributed by atoms with Gasteiger partial charge in [0.1, 0.15) is 0 Å². The fourth-order valence-electron chi connectivity index (χ4n) is 3.40. The summed E-state index contributed by atoms with van der Waals surface area (Å²) in [6.45, 7) is 19.5. The largest absolute Gasteiger partial charge is 0.522 e. The molecule has 4 heteroatoms. The van der Waals surface area contributed by atoms with Gasteiger partial charge in [0.2, 0.25) is 0 Å². The van der Waals surface area contributed by atoms with Crippen LogP contribution in [0, 0.1) is 34.7 Å². The number of hydrogen-bond donors (Lipinski definition) is 1. The molecule has 0 unspecified atom stereocenters. The fraction of sp³-hybridized carbons (Fsp3) is 0.464. The van der Waals surface area contributed by atoms with Gasteiger partial charge in [-0.15, -0.1) is 0 Å². The first-order chi connectivity index (χ1) is 14.4. The molecule has 0 amide bonds. The third-order valence-electron chi connectivity index (χ3n) is 4.32. The zero-order chi connectivity index (χ0) is 23.6. The molecule has 0 bridgehead atoms. The van der Waals surface area contributed by atoms with Crippen molar-refractivity contribution in [2.45, 2.75) is 79.9 Å². The molecule has 3 rings (SSSR count). The molecular formula is C28H44NO2Ru. The van der Waals surface area contributed by atoms with E-state index in [-0.39, 0.29) is 7.43 Å². The molecule has 1 saturated heterocycles. The number of rotatable bonds is 4. The van der Waals surface area contributed by atoms with Crippen LogP contribution in [0.2, 0.25) is 0 Å². The van der Waals surface area contributed by atoms with Gasteiger partial charge < -0.3 is 17.4 Å². The second kappa shape index (κ2) is 14.6. The molecule has 2 N–H and O–H groups in total. The summed E-state index contributed by atoms with van der Waals surface area (Å²) in [5, 5.41) is 8.52. The standard InChI is InChI=1S/C13H18N.C10H12O.C4H10O.CH3.Ru/c1-10-8-11(2)13(12(3)9-10)14-6-4-5-7-14;1-8(2)11-10-7-5-4-6-9(10)3;1-4(2,3)5;;/h6,8-9H,4-5,7H2,1-3H3;3-8H,1-2H3;5H,1-3H3;1H3;/q-1;;;-1;+1/p+1. The van der Waals surface area contributed by atoms with E-state index in [1.165, 1.54) is 47.3 Å². The molecule has 0 spiro atoms. The smallest absolute Gasteiger partial charge is 0.0130 e. The quantitative estimate of drug-likeness (QED) is 0.275. The zero-order valence-electron chi connectivity index (χ0n) is 21.5. The van der Waals surface area contributed by atoms with Gasteiger partial charge in [-0.05, 0) is 59.2 Å². The predicted molar refractivity (Wildman–Crippen MR) is 138 cm³/mol. The SMILES string of the molecule is CC(C)(C)O.CC(C)[OH+]c1ccccc1[CH]=[Ru+].Cc1cc(C)c(N2[CH-]CCC2)c(C)c1.[CH3-]. The van der Waals surface area contributed by atoms with Crippen molar-refractivity contribution in [3.05, 3.63) is 72.6 Å². The Kier molecular flexibility index (Phi) is 13.9. The maximum atomic E-state index is 8.52. The first-order valence-electron chi connectivity index (χ1n) is 11.0. The van der Waals surface area contributed by atoms with E-state index in [1.54, 1.807) is 20.8 Å². The Bertz CT molecular complexity index is 789. The summed E-state index contributed by atoms with van der Waals surface area (Å²) < 4.78 is 6.50. The van der Waals surface area contributed by atoms with Crippen molar-refractivity contribution in [1.29, 1.82) is 0 Å². The summed E-state index contributed by atoms with van der Waals surface area (Å²) in [7, 11) is 0. The molecule has 0 aromatic heterocycles. The molecule has 1 aliphatic rings. The number of aromatic hydroxyl groups is 1. The second-order valence-corrected chi connectivity index (χ2v) is 9.82. The van der Waals surface area contributed by atoms with Gasteiger partial charge in [0, 0.05) is 5.69 Å². The number of ether oxygens (including phenoxy) is 1. The Morgan fingerprint density at radius 2 is 1.62 bits per heavy atom. The van der Waals surface area contributed by atoms with Crippen molar-refractivity contribution < 1.29 is 27.7 Å². The van der Waals surface area contributed by atoms with Gasteiger partial charge in [0.15, 0.2) is 0 Å². The molecule has 2 aromatic rings.